The maximum Gasteiger partial charge on any atom is 0.280 e. The Labute approximate surface area is 160 Å². The summed E-state index contributed by atoms with van der Waals surface area (Å²) in [7, 11) is 0. The number of aromatic nitrogens is 3. The van der Waals surface area contributed by atoms with Crippen LogP contribution in [-0.4, -0.2) is 26.0 Å². The van der Waals surface area contributed by atoms with Crippen molar-refractivity contribution in [1.82, 2.24) is 19.9 Å². The Bertz CT molecular complexity index is 1240. The van der Waals surface area contributed by atoms with Gasteiger partial charge in [0.05, 0.1) is 10.9 Å². The first-order valence-electron chi connectivity index (χ1n) is 8.90. The number of halogens is 1. The first-order valence-corrected chi connectivity index (χ1v) is 8.90. The molecule has 4 aromatic rings. The molecule has 1 amide bonds. The topological polar surface area (TPSA) is 79.3 Å². The zero-order chi connectivity index (χ0) is 19.9. The quantitative estimate of drug-likeness (QED) is 0.573. The molecule has 142 valence electrons. The minimum Gasteiger partial charge on any atom is -0.346 e. The summed E-state index contributed by atoms with van der Waals surface area (Å²) in [6.45, 7) is 3.77. The molecule has 0 bridgehead atoms. The van der Waals surface area contributed by atoms with Crippen LogP contribution in [0.15, 0.2) is 59.4 Å². The second-order valence-electron chi connectivity index (χ2n) is 7.44. The molecule has 0 aliphatic rings. The van der Waals surface area contributed by atoms with E-state index in [-0.39, 0.29) is 23.0 Å². The monoisotopic (exact) mass is 378 g/mol. The lowest BCUT2D eigenvalue weighted by Gasteiger charge is -2.26. The highest BCUT2D eigenvalue weighted by atomic mass is 19.1. The SMILES string of the molecule is CC(C)(Cc1ccc(F)cc1)NC(=O)c1cc2nc3ccccc3c(=O)n2[nH]1. The minimum atomic E-state index is -0.574. The van der Waals surface area contributed by atoms with E-state index in [1.54, 1.807) is 36.4 Å². The van der Waals surface area contributed by atoms with Crippen LogP contribution >= 0.6 is 0 Å². The third-order valence-electron chi connectivity index (χ3n) is 4.56. The molecule has 0 atom stereocenters. The van der Waals surface area contributed by atoms with Crippen molar-refractivity contribution in [3.8, 4) is 0 Å². The van der Waals surface area contributed by atoms with Crippen LogP contribution in [0.2, 0.25) is 0 Å². The van der Waals surface area contributed by atoms with Crippen LogP contribution in [0, 0.1) is 5.82 Å². The van der Waals surface area contributed by atoms with Gasteiger partial charge in [0.15, 0.2) is 5.65 Å². The lowest BCUT2D eigenvalue weighted by Crippen LogP contribution is -2.45. The van der Waals surface area contributed by atoms with Gasteiger partial charge in [-0.05, 0) is 50.1 Å². The second kappa shape index (κ2) is 6.60. The number of carbonyl (C=O) groups excluding carboxylic acids is 1. The number of hydrogen-bond donors (Lipinski definition) is 2. The summed E-state index contributed by atoms with van der Waals surface area (Å²) in [5, 5.41) is 6.26. The van der Waals surface area contributed by atoms with Gasteiger partial charge in [0.25, 0.3) is 11.5 Å². The number of nitrogens with zero attached hydrogens (tertiary/aromatic N) is 2. The molecule has 28 heavy (non-hydrogen) atoms. The summed E-state index contributed by atoms with van der Waals surface area (Å²) in [6.07, 6.45) is 0.529. The van der Waals surface area contributed by atoms with E-state index in [0.717, 1.165) is 5.56 Å². The molecule has 0 saturated carbocycles. The van der Waals surface area contributed by atoms with Gasteiger partial charge in [-0.2, -0.15) is 0 Å². The average molecular weight is 378 g/mol. The molecule has 6 nitrogen and oxygen atoms in total. The summed E-state index contributed by atoms with van der Waals surface area (Å²) < 4.78 is 14.3. The molecule has 0 fully saturated rings. The molecule has 0 saturated heterocycles. The fraction of sp³-hybridized carbons (Fsp3) is 0.190. The van der Waals surface area contributed by atoms with Crippen LogP contribution in [0.3, 0.4) is 0 Å². The fourth-order valence-corrected chi connectivity index (χ4v) is 3.28. The van der Waals surface area contributed by atoms with Gasteiger partial charge in [-0.1, -0.05) is 24.3 Å². The lowest BCUT2D eigenvalue weighted by molar-refractivity contribution is 0.0907. The number of fused-ring (bicyclic) bond motifs is 2. The average Bonchev–Trinajstić information content (AvgIpc) is 3.08. The highest BCUT2D eigenvalue weighted by Gasteiger charge is 2.23. The molecule has 2 N–H and O–H groups in total. The third-order valence-corrected chi connectivity index (χ3v) is 4.56. The molecule has 0 spiro atoms. The minimum absolute atomic E-state index is 0.243. The molecule has 2 aromatic carbocycles. The number of carbonyl (C=O) groups is 1. The van der Waals surface area contributed by atoms with Crippen LogP contribution in [0.4, 0.5) is 4.39 Å². The number of nitrogens with one attached hydrogen (secondary N) is 2. The Morgan fingerprint density at radius 2 is 1.89 bits per heavy atom. The van der Waals surface area contributed by atoms with E-state index in [0.29, 0.717) is 23.0 Å². The van der Waals surface area contributed by atoms with Crippen LogP contribution < -0.4 is 10.9 Å². The van der Waals surface area contributed by atoms with Crippen molar-refractivity contribution in [2.24, 2.45) is 0 Å². The Balaban J connectivity index is 1.61. The predicted octanol–water partition coefficient (Wildman–Crippen LogP) is 3.07. The van der Waals surface area contributed by atoms with Gasteiger partial charge < -0.3 is 5.32 Å². The number of amides is 1. The van der Waals surface area contributed by atoms with Gasteiger partial charge in [0, 0.05) is 11.6 Å². The number of H-pyrrole nitrogens is 1. The van der Waals surface area contributed by atoms with E-state index in [2.05, 4.69) is 15.4 Å². The zero-order valence-corrected chi connectivity index (χ0v) is 15.5. The highest BCUT2D eigenvalue weighted by Crippen LogP contribution is 2.15. The van der Waals surface area contributed by atoms with Gasteiger partial charge in [-0.3, -0.25) is 14.7 Å². The van der Waals surface area contributed by atoms with Crippen LogP contribution in [-0.2, 0) is 6.42 Å². The summed E-state index contributed by atoms with van der Waals surface area (Å²) in [5.74, 6) is -0.643. The normalized spacial score (nSPS) is 11.8. The van der Waals surface area contributed by atoms with E-state index in [9.17, 15) is 14.0 Å². The van der Waals surface area contributed by atoms with Crippen molar-refractivity contribution in [2.45, 2.75) is 25.8 Å². The summed E-state index contributed by atoms with van der Waals surface area (Å²) in [5.41, 5.74) is 1.28. The largest absolute Gasteiger partial charge is 0.346 e. The van der Waals surface area contributed by atoms with Gasteiger partial charge >= 0.3 is 0 Å². The highest BCUT2D eigenvalue weighted by molar-refractivity contribution is 5.94. The molecule has 0 aliphatic heterocycles. The lowest BCUT2D eigenvalue weighted by atomic mass is 9.94. The smallest absolute Gasteiger partial charge is 0.280 e. The van der Waals surface area contributed by atoms with Gasteiger partial charge in [0.1, 0.15) is 11.5 Å². The van der Waals surface area contributed by atoms with Crippen molar-refractivity contribution in [2.75, 3.05) is 0 Å². The van der Waals surface area contributed by atoms with Gasteiger partial charge in [-0.15, -0.1) is 0 Å². The predicted molar refractivity (Wildman–Crippen MR) is 105 cm³/mol. The van der Waals surface area contributed by atoms with E-state index in [1.807, 2.05) is 19.9 Å². The van der Waals surface area contributed by atoms with E-state index in [1.165, 1.54) is 16.6 Å². The van der Waals surface area contributed by atoms with Crippen molar-refractivity contribution < 1.29 is 9.18 Å². The summed E-state index contributed by atoms with van der Waals surface area (Å²) in [4.78, 5) is 29.8. The zero-order valence-electron chi connectivity index (χ0n) is 15.5. The summed E-state index contributed by atoms with van der Waals surface area (Å²) in [6, 6.07) is 14.8. The van der Waals surface area contributed by atoms with Crippen molar-refractivity contribution >= 4 is 22.5 Å². The Hall–Kier alpha value is -3.48. The Kier molecular flexibility index (Phi) is 4.22. The Morgan fingerprint density at radius 3 is 2.64 bits per heavy atom. The van der Waals surface area contributed by atoms with Crippen molar-refractivity contribution in [1.29, 1.82) is 0 Å². The molecule has 2 aromatic heterocycles. The molecular weight excluding hydrogens is 359 g/mol. The van der Waals surface area contributed by atoms with E-state index in [4.69, 9.17) is 0 Å². The standard InChI is InChI=1S/C21H19FN4O2/c1-21(2,12-13-7-9-14(22)10-8-13)24-19(27)17-11-18-23-16-6-4-3-5-15(16)20(28)26(18)25-17/h3-11,25H,12H2,1-2H3,(H,24,27). The van der Waals surface area contributed by atoms with Gasteiger partial charge in [0.2, 0.25) is 0 Å². The maximum atomic E-state index is 13.1. The van der Waals surface area contributed by atoms with Gasteiger partial charge in [-0.25, -0.2) is 13.9 Å². The summed E-state index contributed by atoms with van der Waals surface area (Å²) >= 11 is 0. The molecule has 4 rings (SSSR count). The van der Waals surface area contributed by atoms with Crippen LogP contribution in [0.1, 0.15) is 29.9 Å². The first-order chi connectivity index (χ1) is 13.3. The van der Waals surface area contributed by atoms with E-state index >= 15 is 0 Å². The molecular formula is C21H19FN4O2. The third kappa shape index (κ3) is 3.38. The number of hydrogen-bond acceptors (Lipinski definition) is 3. The van der Waals surface area contributed by atoms with E-state index < -0.39 is 5.54 Å². The molecule has 0 aliphatic carbocycles. The number of rotatable bonds is 4. The van der Waals surface area contributed by atoms with Crippen LogP contribution in [0.5, 0.6) is 0 Å². The molecule has 0 radical (unpaired) electrons. The number of benzene rings is 2. The number of para-hydroxylation sites is 1. The molecule has 7 heteroatoms. The maximum absolute atomic E-state index is 13.1. The number of aromatic amines is 1. The molecule has 2 heterocycles. The van der Waals surface area contributed by atoms with Crippen molar-refractivity contribution in [3.63, 3.8) is 0 Å². The Morgan fingerprint density at radius 1 is 1.18 bits per heavy atom. The van der Waals surface area contributed by atoms with Crippen molar-refractivity contribution in [3.05, 3.63) is 82.0 Å². The van der Waals surface area contributed by atoms with Crippen LogP contribution in [0.25, 0.3) is 16.6 Å². The second-order valence-corrected chi connectivity index (χ2v) is 7.44. The first kappa shape index (κ1) is 17.9. The molecule has 0 unspecified atom stereocenters. The fourth-order valence-electron chi connectivity index (χ4n) is 3.28.